The first kappa shape index (κ1) is 14.1. The third-order valence-electron chi connectivity index (χ3n) is 3.61. The van der Waals surface area contributed by atoms with Gasteiger partial charge >= 0.3 is 0 Å². The SMILES string of the molecule is O=C(NCC1CCCN1)c1cnn(-c2ccc(Cl)cc2)c1. The minimum atomic E-state index is -0.0936. The van der Waals surface area contributed by atoms with Crippen molar-refractivity contribution < 1.29 is 4.79 Å². The minimum Gasteiger partial charge on any atom is -0.350 e. The molecule has 1 saturated heterocycles. The first-order valence-electron chi connectivity index (χ1n) is 7.04. The summed E-state index contributed by atoms with van der Waals surface area (Å²) in [7, 11) is 0. The van der Waals surface area contributed by atoms with E-state index in [-0.39, 0.29) is 5.91 Å². The Labute approximate surface area is 128 Å². The topological polar surface area (TPSA) is 59.0 Å². The van der Waals surface area contributed by atoms with Crippen molar-refractivity contribution in [1.29, 1.82) is 0 Å². The second-order valence-corrected chi connectivity index (χ2v) is 5.59. The molecule has 2 aromatic rings. The molecule has 110 valence electrons. The van der Waals surface area contributed by atoms with E-state index in [0.29, 0.717) is 23.2 Å². The summed E-state index contributed by atoms with van der Waals surface area (Å²) >= 11 is 5.86. The van der Waals surface area contributed by atoms with Gasteiger partial charge in [0.25, 0.3) is 5.91 Å². The number of carbonyl (C=O) groups is 1. The number of nitrogens with zero attached hydrogens (tertiary/aromatic N) is 2. The lowest BCUT2D eigenvalue weighted by Crippen LogP contribution is -2.37. The van der Waals surface area contributed by atoms with Gasteiger partial charge in [-0.3, -0.25) is 4.79 Å². The zero-order valence-corrected chi connectivity index (χ0v) is 12.3. The Balaban J connectivity index is 1.63. The predicted molar refractivity (Wildman–Crippen MR) is 81.9 cm³/mol. The lowest BCUT2D eigenvalue weighted by molar-refractivity contribution is 0.0950. The van der Waals surface area contributed by atoms with E-state index >= 15 is 0 Å². The van der Waals surface area contributed by atoms with E-state index in [9.17, 15) is 4.79 Å². The third kappa shape index (κ3) is 3.43. The fourth-order valence-corrected chi connectivity index (χ4v) is 2.55. The molecule has 5 nitrogen and oxygen atoms in total. The maximum absolute atomic E-state index is 12.1. The van der Waals surface area contributed by atoms with Crippen molar-refractivity contribution in [3.8, 4) is 5.69 Å². The molecule has 0 radical (unpaired) electrons. The van der Waals surface area contributed by atoms with Crippen LogP contribution in [0.4, 0.5) is 0 Å². The molecule has 0 spiro atoms. The molecule has 0 bridgehead atoms. The number of benzene rings is 1. The Bertz CT molecular complexity index is 617. The molecule has 3 rings (SSSR count). The molecule has 1 aliphatic heterocycles. The van der Waals surface area contributed by atoms with Gasteiger partial charge < -0.3 is 10.6 Å². The number of hydrogen-bond donors (Lipinski definition) is 2. The molecular formula is C15H17ClN4O. The first-order chi connectivity index (χ1) is 10.2. The Kier molecular flexibility index (Phi) is 4.22. The van der Waals surface area contributed by atoms with Crippen molar-refractivity contribution in [1.82, 2.24) is 20.4 Å². The highest BCUT2D eigenvalue weighted by Gasteiger charge is 2.16. The zero-order valence-electron chi connectivity index (χ0n) is 11.6. The van der Waals surface area contributed by atoms with E-state index in [1.165, 1.54) is 6.42 Å². The molecule has 1 unspecified atom stereocenters. The first-order valence-corrected chi connectivity index (χ1v) is 7.42. The van der Waals surface area contributed by atoms with Crippen molar-refractivity contribution in [2.24, 2.45) is 0 Å². The van der Waals surface area contributed by atoms with Gasteiger partial charge in [-0.05, 0) is 43.7 Å². The van der Waals surface area contributed by atoms with Crippen LogP contribution in [0, 0.1) is 0 Å². The normalized spacial score (nSPS) is 17.9. The quantitative estimate of drug-likeness (QED) is 0.908. The summed E-state index contributed by atoms with van der Waals surface area (Å²) in [4.78, 5) is 12.1. The Morgan fingerprint density at radius 2 is 2.24 bits per heavy atom. The van der Waals surface area contributed by atoms with Crippen LogP contribution in [-0.4, -0.2) is 34.8 Å². The Hall–Kier alpha value is -1.85. The maximum Gasteiger partial charge on any atom is 0.254 e. The van der Waals surface area contributed by atoms with Gasteiger partial charge in [0.15, 0.2) is 0 Å². The fraction of sp³-hybridized carbons (Fsp3) is 0.333. The maximum atomic E-state index is 12.1. The van der Waals surface area contributed by atoms with E-state index in [1.54, 1.807) is 29.2 Å². The van der Waals surface area contributed by atoms with Gasteiger partial charge in [0.05, 0.1) is 17.4 Å². The summed E-state index contributed by atoms with van der Waals surface area (Å²) in [6.45, 7) is 1.69. The Morgan fingerprint density at radius 3 is 2.95 bits per heavy atom. The molecule has 0 saturated carbocycles. The lowest BCUT2D eigenvalue weighted by atomic mass is 10.2. The zero-order chi connectivity index (χ0) is 14.7. The molecule has 1 atom stereocenters. The van der Waals surface area contributed by atoms with Crippen LogP contribution in [0.3, 0.4) is 0 Å². The summed E-state index contributed by atoms with van der Waals surface area (Å²) < 4.78 is 1.67. The molecule has 21 heavy (non-hydrogen) atoms. The van der Waals surface area contributed by atoms with Crippen LogP contribution >= 0.6 is 11.6 Å². The fourth-order valence-electron chi connectivity index (χ4n) is 2.42. The highest BCUT2D eigenvalue weighted by molar-refractivity contribution is 6.30. The average molecular weight is 305 g/mol. The van der Waals surface area contributed by atoms with Crippen LogP contribution in [0.2, 0.25) is 5.02 Å². The average Bonchev–Trinajstić information content (AvgIpc) is 3.17. The van der Waals surface area contributed by atoms with Crippen LogP contribution in [0.25, 0.3) is 5.69 Å². The van der Waals surface area contributed by atoms with Crippen molar-refractivity contribution in [2.45, 2.75) is 18.9 Å². The molecule has 1 aromatic carbocycles. The van der Waals surface area contributed by atoms with Crippen LogP contribution in [0.5, 0.6) is 0 Å². The molecule has 2 heterocycles. The summed E-state index contributed by atoms with van der Waals surface area (Å²) in [5.41, 5.74) is 1.43. The molecule has 0 aliphatic carbocycles. The van der Waals surface area contributed by atoms with Gasteiger partial charge in [-0.15, -0.1) is 0 Å². The molecular weight excluding hydrogens is 288 g/mol. The lowest BCUT2D eigenvalue weighted by Gasteiger charge is -2.10. The molecule has 1 aromatic heterocycles. The van der Waals surface area contributed by atoms with E-state index in [4.69, 9.17) is 11.6 Å². The predicted octanol–water partition coefficient (Wildman–Crippen LogP) is 2.01. The van der Waals surface area contributed by atoms with Gasteiger partial charge in [0, 0.05) is 23.8 Å². The van der Waals surface area contributed by atoms with E-state index in [2.05, 4.69) is 15.7 Å². The smallest absolute Gasteiger partial charge is 0.254 e. The van der Waals surface area contributed by atoms with Crippen molar-refractivity contribution in [2.75, 3.05) is 13.1 Å². The van der Waals surface area contributed by atoms with Crippen molar-refractivity contribution in [3.63, 3.8) is 0 Å². The number of aromatic nitrogens is 2. The molecule has 1 aliphatic rings. The summed E-state index contributed by atoms with van der Waals surface area (Å²) in [5, 5.41) is 11.2. The standard InChI is InChI=1S/C15H17ClN4O/c16-12-3-5-14(6-4-12)20-10-11(8-19-20)15(21)18-9-13-2-1-7-17-13/h3-6,8,10,13,17H,1-2,7,9H2,(H,18,21). The van der Waals surface area contributed by atoms with E-state index in [0.717, 1.165) is 18.7 Å². The van der Waals surface area contributed by atoms with Crippen LogP contribution in [0.15, 0.2) is 36.7 Å². The second kappa shape index (κ2) is 6.28. The number of rotatable bonds is 4. The molecule has 1 amide bonds. The van der Waals surface area contributed by atoms with Gasteiger partial charge in [-0.25, -0.2) is 4.68 Å². The van der Waals surface area contributed by atoms with Crippen LogP contribution in [-0.2, 0) is 0 Å². The van der Waals surface area contributed by atoms with Crippen LogP contribution in [0.1, 0.15) is 23.2 Å². The molecule has 1 fully saturated rings. The number of carbonyl (C=O) groups excluding carboxylic acids is 1. The summed E-state index contributed by atoms with van der Waals surface area (Å²) in [5.74, 6) is -0.0936. The third-order valence-corrected chi connectivity index (χ3v) is 3.86. The highest BCUT2D eigenvalue weighted by Crippen LogP contribution is 2.13. The van der Waals surface area contributed by atoms with Crippen molar-refractivity contribution in [3.05, 3.63) is 47.2 Å². The molecule has 6 heteroatoms. The van der Waals surface area contributed by atoms with Gasteiger partial charge in [-0.2, -0.15) is 5.10 Å². The van der Waals surface area contributed by atoms with Gasteiger partial charge in [-0.1, -0.05) is 11.6 Å². The van der Waals surface area contributed by atoms with Crippen LogP contribution < -0.4 is 10.6 Å². The summed E-state index contributed by atoms with van der Waals surface area (Å²) in [6.07, 6.45) is 5.59. The van der Waals surface area contributed by atoms with E-state index < -0.39 is 0 Å². The second-order valence-electron chi connectivity index (χ2n) is 5.15. The Morgan fingerprint density at radius 1 is 1.43 bits per heavy atom. The largest absolute Gasteiger partial charge is 0.350 e. The minimum absolute atomic E-state index is 0.0936. The number of amides is 1. The number of hydrogen-bond acceptors (Lipinski definition) is 3. The molecule has 2 N–H and O–H groups in total. The van der Waals surface area contributed by atoms with Gasteiger partial charge in [0.1, 0.15) is 0 Å². The monoisotopic (exact) mass is 304 g/mol. The highest BCUT2D eigenvalue weighted by atomic mass is 35.5. The van der Waals surface area contributed by atoms with E-state index in [1.807, 2.05) is 12.1 Å². The number of nitrogens with one attached hydrogen (secondary N) is 2. The number of halogens is 1. The van der Waals surface area contributed by atoms with Crippen molar-refractivity contribution >= 4 is 17.5 Å². The summed E-state index contributed by atoms with van der Waals surface area (Å²) in [6, 6.07) is 7.70. The van der Waals surface area contributed by atoms with Gasteiger partial charge in [0.2, 0.25) is 0 Å².